The zero-order valence-electron chi connectivity index (χ0n) is 13.7. The standard InChI is InChI=1S/C19H29NO/c1-14-10-17(12-19(2,3)11-14)21-16-9-8-15-6-4-5-7-18(15)20-13-16/h4-7,14,16-17,20H,8-13H2,1-3H3. The maximum Gasteiger partial charge on any atom is 0.0754 e. The van der Waals surface area contributed by atoms with Gasteiger partial charge in [-0.25, -0.2) is 0 Å². The fraction of sp³-hybridized carbons (Fsp3) is 0.684. The van der Waals surface area contributed by atoms with Gasteiger partial charge in [0.05, 0.1) is 12.2 Å². The van der Waals surface area contributed by atoms with Crippen molar-refractivity contribution in [1.29, 1.82) is 0 Å². The van der Waals surface area contributed by atoms with E-state index in [1.165, 1.54) is 30.5 Å². The molecule has 1 aliphatic heterocycles. The molecule has 0 spiro atoms. The first-order valence-electron chi connectivity index (χ1n) is 8.49. The summed E-state index contributed by atoms with van der Waals surface area (Å²) in [5.41, 5.74) is 3.16. The zero-order valence-corrected chi connectivity index (χ0v) is 13.7. The van der Waals surface area contributed by atoms with Gasteiger partial charge in [-0.15, -0.1) is 0 Å². The van der Waals surface area contributed by atoms with Crippen molar-refractivity contribution in [3.8, 4) is 0 Å². The van der Waals surface area contributed by atoms with Crippen LogP contribution in [0.2, 0.25) is 0 Å². The van der Waals surface area contributed by atoms with E-state index in [1.54, 1.807) is 0 Å². The molecular formula is C19H29NO. The van der Waals surface area contributed by atoms with Gasteiger partial charge in [0.15, 0.2) is 0 Å². The Morgan fingerprint density at radius 2 is 1.95 bits per heavy atom. The van der Waals surface area contributed by atoms with Gasteiger partial charge in [-0.3, -0.25) is 0 Å². The molecule has 3 rings (SSSR count). The molecule has 0 saturated heterocycles. The lowest BCUT2D eigenvalue weighted by atomic mass is 9.71. The van der Waals surface area contributed by atoms with E-state index < -0.39 is 0 Å². The maximum absolute atomic E-state index is 6.49. The molecular weight excluding hydrogens is 258 g/mol. The van der Waals surface area contributed by atoms with Gasteiger partial charge >= 0.3 is 0 Å². The minimum absolute atomic E-state index is 0.350. The van der Waals surface area contributed by atoms with Crippen molar-refractivity contribution in [2.45, 2.75) is 65.1 Å². The minimum Gasteiger partial charge on any atom is -0.382 e. The number of para-hydroxylation sites is 1. The Hall–Kier alpha value is -1.02. The number of ether oxygens (including phenoxy) is 1. The maximum atomic E-state index is 6.49. The number of nitrogens with one attached hydrogen (secondary N) is 1. The Labute approximate surface area is 129 Å². The van der Waals surface area contributed by atoms with E-state index in [0.717, 1.165) is 25.3 Å². The van der Waals surface area contributed by atoms with E-state index in [4.69, 9.17) is 4.74 Å². The van der Waals surface area contributed by atoms with E-state index in [0.29, 0.717) is 17.6 Å². The van der Waals surface area contributed by atoms with E-state index >= 15 is 0 Å². The van der Waals surface area contributed by atoms with Crippen molar-refractivity contribution in [3.63, 3.8) is 0 Å². The molecule has 1 heterocycles. The second-order valence-corrected chi connectivity index (χ2v) is 7.87. The highest BCUT2D eigenvalue weighted by molar-refractivity contribution is 5.52. The van der Waals surface area contributed by atoms with E-state index in [1.807, 2.05) is 0 Å². The smallest absolute Gasteiger partial charge is 0.0754 e. The highest BCUT2D eigenvalue weighted by atomic mass is 16.5. The monoisotopic (exact) mass is 287 g/mol. The average Bonchev–Trinajstić information content (AvgIpc) is 2.59. The van der Waals surface area contributed by atoms with Gasteiger partial charge in [-0.1, -0.05) is 39.0 Å². The van der Waals surface area contributed by atoms with Gasteiger partial charge in [0.1, 0.15) is 0 Å². The van der Waals surface area contributed by atoms with Crippen molar-refractivity contribution in [1.82, 2.24) is 0 Å². The summed E-state index contributed by atoms with van der Waals surface area (Å²) in [5, 5.41) is 3.57. The Morgan fingerprint density at radius 1 is 1.14 bits per heavy atom. The third-order valence-electron chi connectivity index (χ3n) is 5.00. The minimum atomic E-state index is 0.350. The van der Waals surface area contributed by atoms with Gasteiger partial charge in [-0.05, 0) is 55.1 Å². The lowest BCUT2D eigenvalue weighted by Gasteiger charge is -2.40. The molecule has 2 aliphatic rings. The summed E-state index contributed by atoms with van der Waals surface area (Å²) in [6, 6.07) is 8.66. The zero-order chi connectivity index (χ0) is 14.9. The fourth-order valence-corrected chi connectivity index (χ4v) is 4.30. The quantitative estimate of drug-likeness (QED) is 0.855. The summed E-state index contributed by atoms with van der Waals surface area (Å²) in [6.07, 6.45) is 6.82. The second-order valence-electron chi connectivity index (χ2n) is 7.87. The largest absolute Gasteiger partial charge is 0.382 e. The summed E-state index contributed by atoms with van der Waals surface area (Å²) in [6.45, 7) is 8.10. The molecule has 3 unspecified atom stereocenters. The second kappa shape index (κ2) is 6.00. The van der Waals surface area contributed by atoms with Gasteiger partial charge in [0.2, 0.25) is 0 Å². The summed E-state index contributed by atoms with van der Waals surface area (Å²) in [4.78, 5) is 0. The van der Waals surface area contributed by atoms with E-state index in [-0.39, 0.29) is 0 Å². The molecule has 0 amide bonds. The Bertz CT molecular complexity index is 455. The fourth-order valence-electron chi connectivity index (χ4n) is 4.30. The lowest BCUT2D eigenvalue weighted by molar-refractivity contribution is -0.0622. The van der Waals surface area contributed by atoms with Crippen molar-refractivity contribution in [3.05, 3.63) is 29.8 Å². The van der Waals surface area contributed by atoms with Crippen molar-refractivity contribution in [2.24, 2.45) is 11.3 Å². The SMILES string of the molecule is CC1CC(OC2CCc3ccccc3NC2)CC(C)(C)C1. The number of aryl methyl sites for hydroxylation is 1. The van der Waals surface area contributed by atoms with Crippen LogP contribution >= 0.6 is 0 Å². The topological polar surface area (TPSA) is 21.3 Å². The molecule has 1 aliphatic carbocycles. The molecule has 2 heteroatoms. The molecule has 2 nitrogen and oxygen atoms in total. The van der Waals surface area contributed by atoms with E-state index in [9.17, 15) is 0 Å². The lowest BCUT2D eigenvalue weighted by Crippen LogP contribution is -2.36. The molecule has 116 valence electrons. The van der Waals surface area contributed by atoms with Crippen LogP contribution in [0.1, 0.15) is 52.0 Å². The summed E-state index contributed by atoms with van der Waals surface area (Å²) in [5.74, 6) is 0.787. The first kappa shape index (κ1) is 14.9. The molecule has 3 atom stereocenters. The highest BCUT2D eigenvalue weighted by Crippen LogP contribution is 2.40. The van der Waals surface area contributed by atoms with Crippen LogP contribution in [-0.4, -0.2) is 18.8 Å². The van der Waals surface area contributed by atoms with Crippen molar-refractivity contribution < 1.29 is 4.74 Å². The number of fused-ring (bicyclic) bond motifs is 1. The summed E-state index contributed by atoms with van der Waals surface area (Å²) < 4.78 is 6.49. The summed E-state index contributed by atoms with van der Waals surface area (Å²) in [7, 11) is 0. The number of hydrogen-bond acceptors (Lipinski definition) is 2. The number of rotatable bonds is 2. The molecule has 1 aromatic carbocycles. The molecule has 21 heavy (non-hydrogen) atoms. The number of hydrogen-bond donors (Lipinski definition) is 1. The Kier molecular flexibility index (Phi) is 4.26. The first-order valence-corrected chi connectivity index (χ1v) is 8.49. The number of anilines is 1. The van der Waals surface area contributed by atoms with Crippen LogP contribution in [0.15, 0.2) is 24.3 Å². The predicted molar refractivity (Wildman–Crippen MR) is 88.7 cm³/mol. The molecule has 1 N–H and O–H groups in total. The normalized spacial score (nSPS) is 31.9. The van der Waals surface area contributed by atoms with Crippen molar-refractivity contribution >= 4 is 5.69 Å². The molecule has 0 aromatic heterocycles. The van der Waals surface area contributed by atoms with Crippen LogP contribution < -0.4 is 5.32 Å². The third kappa shape index (κ3) is 3.79. The highest BCUT2D eigenvalue weighted by Gasteiger charge is 2.33. The summed E-state index contributed by atoms with van der Waals surface area (Å²) >= 11 is 0. The van der Waals surface area contributed by atoms with Gasteiger partial charge in [0, 0.05) is 12.2 Å². The first-order chi connectivity index (χ1) is 10.0. The van der Waals surface area contributed by atoms with Crippen LogP contribution in [0.25, 0.3) is 0 Å². The van der Waals surface area contributed by atoms with Crippen LogP contribution in [0, 0.1) is 11.3 Å². The van der Waals surface area contributed by atoms with Crippen molar-refractivity contribution in [2.75, 3.05) is 11.9 Å². The van der Waals surface area contributed by atoms with Crippen LogP contribution in [0.4, 0.5) is 5.69 Å². The van der Waals surface area contributed by atoms with Gasteiger partial charge in [0.25, 0.3) is 0 Å². The van der Waals surface area contributed by atoms with Crippen LogP contribution in [0.5, 0.6) is 0 Å². The molecule has 0 bridgehead atoms. The molecule has 1 saturated carbocycles. The van der Waals surface area contributed by atoms with E-state index in [2.05, 4.69) is 50.4 Å². The van der Waals surface area contributed by atoms with Crippen LogP contribution in [0.3, 0.4) is 0 Å². The molecule has 0 radical (unpaired) electrons. The number of benzene rings is 1. The third-order valence-corrected chi connectivity index (χ3v) is 5.00. The van der Waals surface area contributed by atoms with Gasteiger partial charge in [-0.2, -0.15) is 0 Å². The molecule has 1 aromatic rings. The van der Waals surface area contributed by atoms with Crippen LogP contribution in [-0.2, 0) is 11.2 Å². The molecule has 1 fully saturated rings. The predicted octanol–water partition coefficient (Wildman–Crippen LogP) is 4.64. The average molecular weight is 287 g/mol. The Balaban J connectivity index is 1.59. The van der Waals surface area contributed by atoms with Gasteiger partial charge < -0.3 is 10.1 Å². The Morgan fingerprint density at radius 3 is 2.76 bits per heavy atom.